The Bertz CT molecular complexity index is 322. The number of hydrogen-bond acceptors (Lipinski definition) is 4. The zero-order valence-electron chi connectivity index (χ0n) is 10.4. The van der Waals surface area contributed by atoms with Gasteiger partial charge in [-0.3, -0.25) is 0 Å². The maximum Gasteiger partial charge on any atom is 0.115 e. The molecule has 0 amide bonds. The summed E-state index contributed by atoms with van der Waals surface area (Å²) in [7, 11) is 1.65. The third kappa shape index (κ3) is 5.68. The lowest BCUT2D eigenvalue weighted by molar-refractivity contribution is 0.0581. The molecule has 0 bridgehead atoms. The fourth-order valence-corrected chi connectivity index (χ4v) is 1.65. The van der Waals surface area contributed by atoms with Crippen LogP contribution in [0, 0.1) is 0 Å². The minimum absolute atomic E-state index is 0.242. The number of benzene rings is 1. The lowest BCUT2D eigenvalue weighted by atomic mass is 9.96. The van der Waals surface area contributed by atoms with Crippen molar-refractivity contribution >= 4 is 0 Å². The predicted molar refractivity (Wildman–Crippen MR) is 67.2 cm³/mol. The molecular formula is C13H21NO3. The van der Waals surface area contributed by atoms with Crippen LogP contribution in [0.3, 0.4) is 0 Å². The molecule has 0 aliphatic carbocycles. The van der Waals surface area contributed by atoms with Gasteiger partial charge < -0.3 is 20.3 Å². The van der Waals surface area contributed by atoms with Gasteiger partial charge in [0.15, 0.2) is 0 Å². The first-order valence-electron chi connectivity index (χ1n) is 5.73. The van der Waals surface area contributed by atoms with E-state index in [1.807, 2.05) is 12.1 Å². The molecule has 0 aliphatic rings. The zero-order valence-corrected chi connectivity index (χ0v) is 10.4. The van der Waals surface area contributed by atoms with Crippen molar-refractivity contribution in [3.8, 4) is 5.75 Å². The number of phenolic OH excluding ortho intramolecular Hbond substituents is 1. The Morgan fingerprint density at radius 1 is 1.29 bits per heavy atom. The molecular weight excluding hydrogens is 218 g/mol. The fraction of sp³-hybridized carbons (Fsp3) is 0.538. The molecule has 1 aromatic rings. The highest BCUT2D eigenvalue weighted by Crippen LogP contribution is 2.15. The number of methoxy groups -OCH3 is 1. The topological polar surface area (TPSA) is 61.7 Å². The second-order valence-electron chi connectivity index (χ2n) is 4.51. The van der Waals surface area contributed by atoms with Crippen molar-refractivity contribution in [3.05, 3.63) is 29.8 Å². The van der Waals surface area contributed by atoms with E-state index < -0.39 is 5.60 Å². The Hall–Kier alpha value is -1.10. The summed E-state index contributed by atoms with van der Waals surface area (Å²) in [5.74, 6) is 0.242. The minimum Gasteiger partial charge on any atom is -0.508 e. The average molecular weight is 239 g/mol. The van der Waals surface area contributed by atoms with Crippen LogP contribution < -0.4 is 5.32 Å². The zero-order chi connectivity index (χ0) is 12.7. The van der Waals surface area contributed by atoms with E-state index in [4.69, 9.17) is 9.84 Å². The van der Waals surface area contributed by atoms with E-state index >= 15 is 0 Å². The summed E-state index contributed by atoms with van der Waals surface area (Å²) in [5, 5.41) is 22.5. The van der Waals surface area contributed by atoms with Crippen LogP contribution in [-0.2, 0) is 11.2 Å². The summed E-state index contributed by atoms with van der Waals surface area (Å²) in [6.45, 7) is 3.66. The molecule has 0 radical (unpaired) electrons. The van der Waals surface area contributed by atoms with Gasteiger partial charge >= 0.3 is 0 Å². The second kappa shape index (κ2) is 6.59. The van der Waals surface area contributed by atoms with E-state index in [0.29, 0.717) is 19.6 Å². The summed E-state index contributed by atoms with van der Waals surface area (Å²) in [6.07, 6.45) is 0.549. The first-order valence-corrected chi connectivity index (χ1v) is 5.73. The lowest BCUT2D eigenvalue weighted by Crippen LogP contribution is -2.40. The number of aliphatic hydroxyl groups is 1. The number of rotatable bonds is 7. The maximum absolute atomic E-state index is 10.2. The highest BCUT2D eigenvalue weighted by Gasteiger charge is 2.20. The fourth-order valence-electron chi connectivity index (χ4n) is 1.65. The summed E-state index contributed by atoms with van der Waals surface area (Å²) in [4.78, 5) is 0. The molecule has 4 heteroatoms. The van der Waals surface area contributed by atoms with Crippen LogP contribution in [0.15, 0.2) is 24.3 Å². The predicted octanol–water partition coefficient (Wildman–Crippen LogP) is 0.922. The molecule has 0 saturated carbocycles. The number of ether oxygens (including phenoxy) is 1. The molecule has 17 heavy (non-hydrogen) atoms. The number of hydrogen-bond donors (Lipinski definition) is 3. The average Bonchev–Trinajstić information content (AvgIpc) is 2.27. The molecule has 96 valence electrons. The number of phenols is 1. The van der Waals surface area contributed by atoms with E-state index in [1.54, 1.807) is 26.2 Å². The highest BCUT2D eigenvalue weighted by molar-refractivity contribution is 5.26. The van der Waals surface area contributed by atoms with E-state index in [0.717, 1.165) is 12.1 Å². The molecule has 0 spiro atoms. The maximum atomic E-state index is 10.2. The Kier molecular flexibility index (Phi) is 5.41. The molecule has 1 aromatic carbocycles. The van der Waals surface area contributed by atoms with Crippen LogP contribution >= 0.6 is 0 Å². The van der Waals surface area contributed by atoms with E-state index in [2.05, 4.69) is 5.32 Å². The van der Waals surface area contributed by atoms with Gasteiger partial charge in [-0.25, -0.2) is 0 Å². The summed E-state index contributed by atoms with van der Waals surface area (Å²) in [5.41, 5.74) is 0.200. The first kappa shape index (κ1) is 14.0. The molecule has 0 aliphatic heterocycles. The monoisotopic (exact) mass is 239 g/mol. The normalized spacial score (nSPS) is 14.5. The lowest BCUT2D eigenvalue weighted by Gasteiger charge is -2.24. The van der Waals surface area contributed by atoms with Crippen molar-refractivity contribution in [1.29, 1.82) is 0 Å². The molecule has 0 saturated heterocycles. The first-order chi connectivity index (χ1) is 8.03. The van der Waals surface area contributed by atoms with Crippen LogP contribution in [-0.4, -0.2) is 42.6 Å². The molecule has 1 rings (SSSR count). The van der Waals surface area contributed by atoms with Gasteiger partial charge in [0.25, 0.3) is 0 Å². The van der Waals surface area contributed by atoms with E-state index in [1.165, 1.54) is 0 Å². The largest absolute Gasteiger partial charge is 0.508 e. The SMILES string of the molecule is COCCNCC(C)(O)Cc1ccc(O)cc1. The van der Waals surface area contributed by atoms with Crippen molar-refractivity contribution in [2.24, 2.45) is 0 Å². The Labute approximate surface area is 102 Å². The molecule has 1 atom stereocenters. The molecule has 0 aromatic heterocycles. The molecule has 1 unspecified atom stereocenters. The molecule has 4 nitrogen and oxygen atoms in total. The van der Waals surface area contributed by atoms with Crippen molar-refractivity contribution < 1.29 is 14.9 Å². The van der Waals surface area contributed by atoms with Gasteiger partial charge in [-0.1, -0.05) is 12.1 Å². The van der Waals surface area contributed by atoms with Gasteiger partial charge in [0.1, 0.15) is 5.75 Å². The summed E-state index contributed by atoms with van der Waals surface area (Å²) < 4.78 is 4.92. The van der Waals surface area contributed by atoms with Crippen molar-refractivity contribution in [3.63, 3.8) is 0 Å². The minimum atomic E-state index is -0.801. The van der Waals surface area contributed by atoms with Crippen LogP contribution in [0.2, 0.25) is 0 Å². The van der Waals surface area contributed by atoms with Gasteiger partial charge in [-0.15, -0.1) is 0 Å². The number of aromatic hydroxyl groups is 1. The van der Waals surface area contributed by atoms with Crippen LogP contribution in [0.5, 0.6) is 5.75 Å². The third-order valence-corrected chi connectivity index (χ3v) is 2.51. The van der Waals surface area contributed by atoms with E-state index in [-0.39, 0.29) is 5.75 Å². The standard InChI is InChI=1S/C13H21NO3/c1-13(16,10-14-7-8-17-2)9-11-3-5-12(15)6-4-11/h3-6,14-16H,7-10H2,1-2H3. The van der Waals surface area contributed by atoms with Crippen molar-refractivity contribution in [1.82, 2.24) is 5.32 Å². The van der Waals surface area contributed by atoms with Gasteiger partial charge in [0.2, 0.25) is 0 Å². The second-order valence-corrected chi connectivity index (χ2v) is 4.51. The Balaban J connectivity index is 2.40. The van der Waals surface area contributed by atoms with E-state index in [9.17, 15) is 5.11 Å². The van der Waals surface area contributed by atoms with Crippen LogP contribution in [0.25, 0.3) is 0 Å². The molecule has 3 N–H and O–H groups in total. The van der Waals surface area contributed by atoms with Crippen molar-refractivity contribution in [2.45, 2.75) is 18.9 Å². The highest BCUT2D eigenvalue weighted by atomic mass is 16.5. The Morgan fingerprint density at radius 2 is 1.94 bits per heavy atom. The van der Waals surface area contributed by atoms with Gasteiger partial charge in [0.05, 0.1) is 12.2 Å². The number of nitrogens with one attached hydrogen (secondary N) is 1. The van der Waals surface area contributed by atoms with Gasteiger partial charge in [-0.2, -0.15) is 0 Å². The smallest absolute Gasteiger partial charge is 0.115 e. The molecule has 0 heterocycles. The summed E-state index contributed by atoms with van der Waals surface area (Å²) >= 11 is 0. The van der Waals surface area contributed by atoms with Gasteiger partial charge in [0, 0.05) is 26.6 Å². The van der Waals surface area contributed by atoms with Crippen LogP contribution in [0.1, 0.15) is 12.5 Å². The van der Waals surface area contributed by atoms with Gasteiger partial charge in [-0.05, 0) is 24.6 Å². The van der Waals surface area contributed by atoms with Crippen LogP contribution in [0.4, 0.5) is 0 Å². The van der Waals surface area contributed by atoms with Crippen molar-refractivity contribution in [2.75, 3.05) is 26.8 Å². The molecule has 0 fully saturated rings. The third-order valence-electron chi connectivity index (χ3n) is 2.51. The summed E-state index contributed by atoms with van der Waals surface area (Å²) in [6, 6.07) is 6.89. The quantitative estimate of drug-likeness (QED) is 0.619. The Morgan fingerprint density at radius 3 is 2.53 bits per heavy atom.